The van der Waals surface area contributed by atoms with E-state index in [1.54, 1.807) is 0 Å². The minimum absolute atomic E-state index is 0.0363. The van der Waals surface area contributed by atoms with Crippen molar-refractivity contribution in [3.63, 3.8) is 0 Å². The van der Waals surface area contributed by atoms with Gasteiger partial charge in [0, 0.05) is 20.6 Å². The van der Waals surface area contributed by atoms with Gasteiger partial charge in [0.1, 0.15) is 0 Å². The molecule has 0 spiro atoms. The number of nitrogens with one attached hydrogen (secondary N) is 1. The van der Waals surface area contributed by atoms with Gasteiger partial charge in [0.05, 0.1) is 11.3 Å². The smallest absolute Gasteiger partial charge is 0.325 e. The van der Waals surface area contributed by atoms with Gasteiger partial charge in [-0.25, -0.2) is 0 Å². The number of hydrogen-bond acceptors (Lipinski definition) is 2. The molecule has 0 aliphatic carbocycles. The number of amides is 1. The molecule has 23 heavy (non-hydrogen) atoms. The number of benzene rings is 2. The number of anilines is 1. The SMILES string of the molecule is O=C(CSc1cccc(C(F)(F)F)c1)Nc1cc(Cl)cc(Cl)c1. The summed E-state index contributed by atoms with van der Waals surface area (Å²) < 4.78 is 37.8. The largest absolute Gasteiger partial charge is 0.416 e. The Morgan fingerprint density at radius 3 is 2.35 bits per heavy atom. The molecule has 0 aromatic heterocycles. The van der Waals surface area contributed by atoms with Gasteiger partial charge in [-0.05, 0) is 36.4 Å². The lowest BCUT2D eigenvalue weighted by Gasteiger charge is -2.09. The van der Waals surface area contributed by atoms with Crippen LogP contribution in [-0.2, 0) is 11.0 Å². The highest BCUT2D eigenvalue weighted by molar-refractivity contribution is 8.00. The van der Waals surface area contributed by atoms with Crippen LogP contribution in [0.15, 0.2) is 47.4 Å². The van der Waals surface area contributed by atoms with Gasteiger partial charge in [-0.2, -0.15) is 13.2 Å². The van der Waals surface area contributed by atoms with Gasteiger partial charge >= 0.3 is 6.18 Å². The van der Waals surface area contributed by atoms with Gasteiger partial charge < -0.3 is 5.32 Å². The molecule has 0 radical (unpaired) electrons. The molecule has 0 fully saturated rings. The van der Waals surface area contributed by atoms with Gasteiger partial charge in [-0.1, -0.05) is 29.3 Å². The molecule has 122 valence electrons. The maximum absolute atomic E-state index is 12.6. The van der Waals surface area contributed by atoms with E-state index in [0.717, 1.165) is 23.9 Å². The van der Waals surface area contributed by atoms with Crippen LogP contribution in [0.3, 0.4) is 0 Å². The van der Waals surface area contributed by atoms with Crippen molar-refractivity contribution in [1.82, 2.24) is 0 Å². The minimum Gasteiger partial charge on any atom is -0.325 e. The van der Waals surface area contributed by atoms with Crippen molar-refractivity contribution >= 4 is 46.6 Å². The van der Waals surface area contributed by atoms with E-state index in [4.69, 9.17) is 23.2 Å². The molecule has 2 nitrogen and oxygen atoms in total. The number of alkyl halides is 3. The maximum atomic E-state index is 12.6. The summed E-state index contributed by atoms with van der Waals surface area (Å²) in [6.45, 7) is 0. The highest BCUT2D eigenvalue weighted by Gasteiger charge is 2.30. The summed E-state index contributed by atoms with van der Waals surface area (Å²) in [6.07, 6.45) is -4.41. The third-order valence-electron chi connectivity index (χ3n) is 2.68. The second kappa shape index (κ2) is 7.47. The Bertz CT molecular complexity index is 702. The molecule has 8 heteroatoms. The average molecular weight is 380 g/mol. The van der Waals surface area contributed by atoms with Crippen LogP contribution in [0.2, 0.25) is 10.0 Å². The molecule has 0 aliphatic rings. The highest BCUT2D eigenvalue weighted by Crippen LogP contribution is 2.32. The fraction of sp³-hybridized carbons (Fsp3) is 0.133. The Morgan fingerprint density at radius 2 is 1.74 bits per heavy atom. The zero-order valence-electron chi connectivity index (χ0n) is 11.5. The first-order valence-electron chi connectivity index (χ1n) is 6.30. The molecule has 2 aromatic rings. The Balaban J connectivity index is 1.97. The fourth-order valence-corrected chi connectivity index (χ4v) is 3.02. The van der Waals surface area contributed by atoms with E-state index in [1.165, 1.54) is 30.3 Å². The van der Waals surface area contributed by atoms with Crippen LogP contribution in [0.4, 0.5) is 18.9 Å². The number of halogens is 5. The van der Waals surface area contributed by atoms with Crippen molar-refractivity contribution in [2.45, 2.75) is 11.1 Å². The first-order valence-corrected chi connectivity index (χ1v) is 8.04. The van der Waals surface area contributed by atoms with Crippen molar-refractivity contribution in [2.75, 3.05) is 11.1 Å². The van der Waals surface area contributed by atoms with Crippen LogP contribution < -0.4 is 5.32 Å². The van der Waals surface area contributed by atoms with E-state index in [1.807, 2.05) is 0 Å². The number of hydrogen-bond donors (Lipinski definition) is 1. The molecule has 0 heterocycles. The standard InChI is InChI=1S/C15H10Cl2F3NOS/c16-10-5-11(17)7-12(6-10)21-14(22)8-23-13-3-1-2-9(4-13)15(18,19)20/h1-7H,8H2,(H,21,22). The first-order chi connectivity index (χ1) is 10.7. The topological polar surface area (TPSA) is 29.1 Å². The van der Waals surface area contributed by atoms with Crippen molar-refractivity contribution in [3.8, 4) is 0 Å². The molecule has 0 atom stereocenters. The molecule has 0 saturated heterocycles. The van der Waals surface area contributed by atoms with E-state index in [-0.39, 0.29) is 11.7 Å². The molecule has 2 aromatic carbocycles. The number of carbonyl (C=O) groups is 1. The lowest BCUT2D eigenvalue weighted by atomic mass is 10.2. The van der Waals surface area contributed by atoms with Crippen molar-refractivity contribution < 1.29 is 18.0 Å². The summed E-state index contributed by atoms with van der Waals surface area (Å²) in [7, 11) is 0. The monoisotopic (exact) mass is 379 g/mol. The van der Waals surface area contributed by atoms with E-state index < -0.39 is 11.7 Å². The fourth-order valence-electron chi connectivity index (χ4n) is 1.73. The predicted molar refractivity (Wildman–Crippen MR) is 87.3 cm³/mol. The zero-order valence-corrected chi connectivity index (χ0v) is 13.8. The number of thioether (sulfide) groups is 1. The van der Waals surface area contributed by atoms with Gasteiger partial charge in [0.15, 0.2) is 0 Å². The second-order valence-electron chi connectivity index (χ2n) is 4.52. The molecule has 2 rings (SSSR count). The van der Waals surface area contributed by atoms with E-state index in [0.29, 0.717) is 20.6 Å². The van der Waals surface area contributed by atoms with Gasteiger partial charge in [-0.3, -0.25) is 4.79 Å². The third kappa shape index (κ3) is 5.64. The lowest BCUT2D eigenvalue weighted by molar-refractivity contribution is -0.137. The molecule has 1 N–H and O–H groups in total. The minimum atomic E-state index is -4.41. The number of rotatable bonds is 4. The summed E-state index contributed by atoms with van der Waals surface area (Å²) in [5.74, 6) is -0.406. The van der Waals surface area contributed by atoms with Gasteiger partial charge in [0.2, 0.25) is 5.91 Å². The van der Waals surface area contributed by atoms with E-state index in [2.05, 4.69) is 5.32 Å². The van der Waals surface area contributed by atoms with Crippen LogP contribution >= 0.6 is 35.0 Å². The normalized spacial score (nSPS) is 11.3. The van der Waals surface area contributed by atoms with E-state index >= 15 is 0 Å². The predicted octanol–water partition coefficient (Wildman–Crippen LogP) is 5.74. The summed E-state index contributed by atoms with van der Waals surface area (Å²) in [4.78, 5) is 12.2. The van der Waals surface area contributed by atoms with Crippen LogP contribution in [-0.4, -0.2) is 11.7 Å². The Hall–Kier alpha value is -1.37. The van der Waals surface area contributed by atoms with Crippen molar-refractivity contribution in [3.05, 3.63) is 58.1 Å². The number of carbonyl (C=O) groups excluding carboxylic acids is 1. The lowest BCUT2D eigenvalue weighted by Crippen LogP contribution is -2.14. The quantitative estimate of drug-likeness (QED) is 0.685. The summed E-state index contributed by atoms with van der Waals surface area (Å²) >= 11 is 12.6. The second-order valence-corrected chi connectivity index (χ2v) is 6.44. The molecule has 0 bridgehead atoms. The molecule has 1 amide bonds. The molecule has 0 unspecified atom stereocenters. The van der Waals surface area contributed by atoms with Crippen molar-refractivity contribution in [1.29, 1.82) is 0 Å². The van der Waals surface area contributed by atoms with Crippen molar-refractivity contribution in [2.24, 2.45) is 0 Å². The Labute approximate surface area is 145 Å². The van der Waals surface area contributed by atoms with E-state index in [9.17, 15) is 18.0 Å². The summed E-state index contributed by atoms with van der Waals surface area (Å²) in [5, 5.41) is 3.33. The van der Waals surface area contributed by atoms with Gasteiger partial charge in [0.25, 0.3) is 0 Å². The molecule has 0 saturated carbocycles. The van der Waals surface area contributed by atoms with Crippen LogP contribution in [0.1, 0.15) is 5.56 Å². The maximum Gasteiger partial charge on any atom is 0.416 e. The highest BCUT2D eigenvalue weighted by atomic mass is 35.5. The van der Waals surface area contributed by atoms with Crippen LogP contribution in [0, 0.1) is 0 Å². The third-order valence-corrected chi connectivity index (χ3v) is 4.11. The first kappa shape index (κ1) is 18.0. The Kier molecular flexibility index (Phi) is 5.84. The summed E-state index contributed by atoms with van der Waals surface area (Å²) in [6, 6.07) is 9.40. The van der Waals surface area contributed by atoms with Gasteiger partial charge in [-0.15, -0.1) is 11.8 Å². The summed E-state index contributed by atoms with van der Waals surface area (Å²) in [5.41, 5.74) is -0.318. The van der Waals surface area contributed by atoms with Crippen LogP contribution in [0.5, 0.6) is 0 Å². The molecular formula is C15H10Cl2F3NOS. The van der Waals surface area contributed by atoms with Crippen LogP contribution in [0.25, 0.3) is 0 Å². The zero-order chi connectivity index (χ0) is 17.0. The Morgan fingerprint density at radius 1 is 1.09 bits per heavy atom. The average Bonchev–Trinajstić information content (AvgIpc) is 2.43. The molecule has 0 aliphatic heterocycles. The molecular weight excluding hydrogens is 370 g/mol.